The number of hydrogen-bond donors (Lipinski definition) is 1. The normalized spacial score (nSPS) is 12.1. The summed E-state index contributed by atoms with van der Waals surface area (Å²) >= 11 is 1.58. The zero-order valence-corrected chi connectivity index (χ0v) is 13.3. The van der Waals surface area contributed by atoms with Crippen molar-refractivity contribution in [2.24, 2.45) is 0 Å². The molecule has 22 heavy (non-hydrogen) atoms. The van der Waals surface area contributed by atoms with Crippen molar-refractivity contribution >= 4 is 17.6 Å². The third-order valence-electron chi connectivity index (χ3n) is 3.37. The average Bonchev–Trinajstić information content (AvgIpc) is 3.10. The fraction of sp³-hybridized carbons (Fsp3) is 0.188. The molecule has 1 N–H and O–H groups in total. The van der Waals surface area contributed by atoms with Crippen molar-refractivity contribution in [2.45, 2.75) is 18.0 Å². The van der Waals surface area contributed by atoms with Gasteiger partial charge < -0.3 is 5.32 Å². The van der Waals surface area contributed by atoms with Crippen LogP contribution >= 0.6 is 11.8 Å². The molecule has 0 spiro atoms. The summed E-state index contributed by atoms with van der Waals surface area (Å²) < 4.78 is 1.87. The van der Waals surface area contributed by atoms with Gasteiger partial charge in [0.15, 0.2) is 0 Å². The van der Waals surface area contributed by atoms with Crippen LogP contribution in [0.15, 0.2) is 59.9 Å². The molecule has 0 saturated carbocycles. The van der Waals surface area contributed by atoms with Gasteiger partial charge in [-0.1, -0.05) is 18.2 Å². The maximum absolute atomic E-state index is 4.32. The Kier molecular flexibility index (Phi) is 4.39. The number of para-hydroxylation sites is 1. The number of nitrogens with one attached hydrogen (secondary N) is 1. The molecule has 0 saturated heterocycles. The first-order valence-electron chi connectivity index (χ1n) is 7.01. The monoisotopic (exact) mass is 311 g/mol. The van der Waals surface area contributed by atoms with Gasteiger partial charge in [0, 0.05) is 12.4 Å². The molecule has 0 amide bonds. The van der Waals surface area contributed by atoms with Gasteiger partial charge in [-0.05, 0) is 43.0 Å². The predicted octanol–water partition coefficient (Wildman–Crippen LogP) is 3.56. The summed E-state index contributed by atoms with van der Waals surface area (Å²) in [5, 5.41) is 17.0. The minimum atomic E-state index is 0.0924. The average molecular weight is 311 g/mol. The van der Waals surface area contributed by atoms with Gasteiger partial charge in [0.1, 0.15) is 10.8 Å². The number of hydrogen-bond acceptors (Lipinski definition) is 5. The van der Waals surface area contributed by atoms with Crippen LogP contribution in [0, 0.1) is 0 Å². The van der Waals surface area contributed by atoms with E-state index in [2.05, 4.69) is 39.7 Å². The van der Waals surface area contributed by atoms with Gasteiger partial charge in [-0.3, -0.25) is 0 Å². The van der Waals surface area contributed by atoms with Crippen LogP contribution in [0.2, 0.25) is 0 Å². The molecule has 1 aromatic carbocycles. The fourth-order valence-corrected chi connectivity index (χ4v) is 2.61. The Morgan fingerprint density at radius 2 is 1.95 bits per heavy atom. The molecule has 1 atom stereocenters. The van der Waals surface area contributed by atoms with Crippen molar-refractivity contribution in [3.8, 4) is 5.69 Å². The molecule has 1 unspecified atom stereocenters. The van der Waals surface area contributed by atoms with Gasteiger partial charge >= 0.3 is 0 Å². The molecule has 3 rings (SSSR count). The Bertz CT molecular complexity index is 725. The van der Waals surface area contributed by atoms with Crippen molar-refractivity contribution in [3.05, 3.63) is 60.4 Å². The van der Waals surface area contributed by atoms with Crippen LogP contribution in [0.4, 0.5) is 5.82 Å². The number of anilines is 1. The van der Waals surface area contributed by atoms with Crippen LogP contribution in [0.3, 0.4) is 0 Å². The summed E-state index contributed by atoms with van der Waals surface area (Å²) in [6.45, 7) is 2.10. The van der Waals surface area contributed by atoms with E-state index in [1.165, 1.54) is 0 Å². The van der Waals surface area contributed by atoms with Gasteiger partial charge in [-0.25, -0.2) is 4.68 Å². The minimum absolute atomic E-state index is 0.0924. The van der Waals surface area contributed by atoms with E-state index in [-0.39, 0.29) is 6.04 Å². The van der Waals surface area contributed by atoms with Gasteiger partial charge in [-0.2, -0.15) is 5.10 Å². The van der Waals surface area contributed by atoms with E-state index < -0.39 is 0 Å². The molecule has 0 aliphatic rings. The zero-order chi connectivity index (χ0) is 15.4. The molecule has 5 nitrogen and oxygen atoms in total. The van der Waals surface area contributed by atoms with E-state index >= 15 is 0 Å². The van der Waals surface area contributed by atoms with Crippen LogP contribution in [-0.2, 0) is 0 Å². The lowest BCUT2D eigenvalue weighted by Gasteiger charge is -2.18. The summed E-state index contributed by atoms with van der Waals surface area (Å²) in [7, 11) is 0. The maximum atomic E-state index is 4.32. The topological polar surface area (TPSA) is 55.6 Å². The quantitative estimate of drug-likeness (QED) is 0.730. The van der Waals surface area contributed by atoms with E-state index in [4.69, 9.17) is 0 Å². The molecule has 0 radical (unpaired) electrons. The Balaban J connectivity index is 1.84. The standard InChI is InChI=1S/C16H17N5S/c1-12(18-15-8-9-16(22-2)20-19-15)13-6-3-4-7-14(13)21-11-5-10-17-21/h3-12H,1-2H3,(H,18,19). The Morgan fingerprint density at radius 3 is 2.64 bits per heavy atom. The van der Waals surface area contributed by atoms with Crippen LogP contribution < -0.4 is 5.32 Å². The lowest BCUT2D eigenvalue weighted by molar-refractivity contribution is 0.805. The lowest BCUT2D eigenvalue weighted by Crippen LogP contribution is -2.12. The first-order valence-corrected chi connectivity index (χ1v) is 8.23. The van der Waals surface area contributed by atoms with E-state index in [1.807, 2.05) is 47.5 Å². The molecule has 0 aliphatic carbocycles. The Hall–Kier alpha value is -2.34. The van der Waals surface area contributed by atoms with E-state index in [1.54, 1.807) is 18.0 Å². The molecular weight excluding hydrogens is 294 g/mol. The smallest absolute Gasteiger partial charge is 0.149 e. The zero-order valence-electron chi connectivity index (χ0n) is 12.5. The van der Waals surface area contributed by atoms with Gasteiger partial charge in [0.2, 0.25) is 0 Å². The molecule has 0 fully saturated rings. The lowest BCUT2D eigenvalue weighted by atomic mass is 10.1. The summed E-state index contributed by atoms with van der Waals surface area (Å²) in [6, 6.07) is 14.1. The highest BCUT2D eigenvalue weighted by molar-refractivity contribution is 7.98. The number of aromatic nitrogens is 4. The molecule has 3 aromatic rings. The number of rotatable bonds is 5. The highest BCUT2D eigenvalue weighted by Crippen LogP contribution is 2.24. The summed E-state index contributed by atoms with van der Waals surface area (Å²) in [4.78, 5) is 0. The molecule has 0 aliphatic heterocycles. The van der Waals surface area contributed by atoms with Crippen molar-refractivity contribution in [1.29, 1.82) is 0 Å². The van der Waals surface area contributed by atoms with Crippen LogP contribution in [0.5, 0.6) is 0 Å². The van der Waals surface area contributed by atoms with Crippen LogP contribution in [0.25, 0.3) is 5.69 Å². The molecule has 2 aromatic heterocycles. The molecule has 6 heteroatoms. The second kappa shape index (κ2) is 6.62. The first kappa shape index (κ1) is 14.6. The summed E-state index contributed by atoms with van der Waals surface area (Å²) in [5.74, 6) is 0.764. The fourth-order valence-electron chi connectivity index (χ4n) is 2.28. The largest absolute Gasteiger partial charge is 0.362 e. The maximum Gasteiger partial charge on any atom is 0.149 e. The third-order valence-corrected chi connectivity index (χ3v) is 4.00. The summed E-state index contributed by atoms with van der Waals surface area (Å²) in [6.07, 6.45) is 5.71. The van der Waals surface area contributed by atoms with E-state index in [0.29, 0.717) is 0 Å². The van der Waals surface area contributed by atoms with Crippen molar-refractivity contribution in [2.75, 3.05) is 11.6 Å². The van der Waals surface area contributed by atoms with Gasteiger partial charge in [0.05, 0.1) is 11.7 Å². The molecule has 0 bridgehead atoms. The van der Waals surface area contributed by atoms with Crippen molar-refractivity contribution in [3.63, 3.8) is 0 Å². The third kappa shape index (κ3) is 3.12. The highest BCUT2D eigenvalue weighted by Gasteiger charge is 2.12. The Labute approximate surface area is 133 Å². The van der Waals surface area contributed by atoms with Crippen molar-refractivity contribution in [1.82, 2.24) is 20.0 Å². The van der Waals surface area contributed by atoms with Crippen LogP contribution in [-0.4, -0.2) is 26.2 Å². The number of benzene rings is 1. The van der Waals surface area contributed by atoms with Gasteiger partial charge in [0.25, 0.3) is 0 Å². The SMILES string of the molecule is CSc1ccc(NC(C)c2ccccc2-n2cccn2)nn1. The number of nitrogens with zero attached hydrogens (tertiary/aromatic N) is 4. The molecular formula is C16H17N5S. The number of thioether (sulfide) groups is 1. The van der Waals surface area contributed by atoms with Gasteiger partial charge in [-0.15, -0.1) is 22.0 Å². The highest BCUT2D eigenvalue weighted by atomic mass is 32.2. The second-order valence-corrected chi connectivity index (χ2v) is 5.66. The summed E-state index contributed by atoms with van der Waals surface area (Å²) in [5.41, 5.74) is 2.21. The predicted molar refractivity (Wildman–Crippen MR) is 89.4 cm³/mol. The Morgan fingerprint density at radius 1 is 1.09 bits per heavy atom. The van der Waals surface area contributed by atoms with E-state index in [9.17, 15) is 0 Å². The second-order valence-electron chi connectivity index (χ2n) is 4.84. The molecule has 112 valence electrons. The minimum Gasteiger partial charge on any atom is -0.362 e. The van der Waals surface area contributed by atoms with Crippen LogP contribution in [0.1, 0.15) is 18.5 Å². The van der Waals surface area contributed by atoms with Crippen molar-refractivity contribution < 1.29 is 0 Å². The van der Waals surface area contributed by atoms with E-state index in [0.717, 1.165) is 22.1 Å². The first-order chi connectivity index (χ1) is 10.8. The molecule has 2 heterocycles.